The highest BCUT2D eigenvalue weighted by molar-refractivity contribution is 6.30. The Labute approximate surface area is 209 Å². The van der Waals surface area contributed by atoms with Crippen LogP contribution in [0.5, 0.6) is 0 Å². The van der Waals surface area contributed by atoms with Crippen LogP contribution in [0.2, 0.25) is 5.02 Å². The van der Waals surface area contributed by atoms with Gasteiger partial charge in [0.25, 0.3) is 0 Å². The molecule has 2 saturated heterocycles. The number of nitrogens with one attached hydrogen (secondary N) is 2. The number of H-pyrrole nitrogens is 1. The summed E-state index contributed by atoms with van der Waals surface area (Å²) in [5.74, 6) is 0.814. The van der Waals surface area contributed by atoms with Crippen LogP contribution in [0, 0.1) is 0 Å². The molecule has 0 radical (unpaired) electrons. The fourth-order valence-electron chi connectivity index (χ4n) is 4.84. The zero-order valence-corrected chi connectivity index (χ0v) is 20.7. The number of piperazine rings is 1. The smallest absolute Gasteiger partial charge is 0.244 e. The molecule has 186 valence electrons. The maximum absolute atomic E-state index is 13.5. The first-order valence-electron chi connectivity index (χ1n) is 12.2. The first kappa shape index (κ1) is 23.8. The molecule has 0 spiro atoms. The summed E-state index contributed by atoms with van der Waals surface area (Å²) in [4.78, 5) is 29.1. The summed E-state index contributed by atoms with van der Waals surface area (Å²) in [6, 6.07) is 7.29. The number of aromatic amines is 1. The van der Waals surface area contributed by atoms with Crippen molar-refractivity contribution in [3.8, 4) is 0 Å². The number of aromatic nitrogens is 4. The number of amides is 1. The molecule has 0 bridgehead atoms. The quantitative estimate of drug-likeness (QED) is 0.507. The number of hydrogen-bond donors (Lipinski definition) is 2. The largest absolute Gasteiger partial charge is 0.379 e. The minimum atomic E-state index is -0.395. The average molecular weight is 499 g/mol. The van der Waals surface area contributed by atoms with Crippen molar-refractivity contribution >= 4 is 40.0 Å². The van der Waals surface area contributed by atoms with Crippen molar-refractivity contribution < 1.29 is 9.53 Å². The third-order valence-electron chi connectivity index (χ3n) is 6.71. The highest BCUT2D eigenvalue weighted by Crippen LogP contribution is 2.30. The van der Waals surface area contributed by atoms with Gasteiger partial charge in [-0.15, -0.1) is 0 Å². The summed E-state index contributed by atoms with van der Waals surface area (Å²) in [6.07, 6.45) is 2.34. The van der Waals surface area contributed by atoms with Crippen molar-refractivity contribution in [3.63, 3.8) is 0 Å². The van der Waals surface area contributed by atoms with E-state index in [-0.39, 0.29) is 5.91 Å². The van der Waals surface area contributed by atoms with Crippen molar-refractivity contribution in [1.29, 1.82) is 0 Å². The van der Waals surface area contributed by atoms with Crippen molar-refractivity contribution in [2.75, 3.05) is 68.8 Å². The Morgan fingerprint density at radius 2 is 2.09 bits per heavy atom. The molecule has 11 heteroatoms. The Balaban J connectivity index is 1.37. The third-order valence-corrected chi connectivity index (χ3v) is 6.95. The standard InChI is InChI=1S/C24H31ClN8O2/c1-2-19-21-22(30-29-19)27-16-28-23(21)32-8-9-33(18-5-3-4-17(25)14-18)20(15-32)24(34)26-6-7-31-10-12-35-13-11-31/h3-5,14,16,20H,2,6-13,15H2,1H3,(H,26,34)(H,27,28,29,30). The first-order valence-corrected chi connectivity index (χ1v) is 12.5. The van der Waals surface area contributed by atoms with Gasteiger partial charge in [-0.05, 0) is 24.6 Å². The minimum absolute atomic E-state index is 0.00357. The van der Waals surface area contributed by atoms with Gasteiger partial charge in [-0.3, -0.25) is 14.8 Å². The molecule has 4 heterocycles. The number of benzene rings is 1. The van der Waals surface area contributed by atoms with Gasteiger partial charge in [-0.25, -0.2) is 9.97 Å². The van der Waals surface area contributed by atoms with E-state index >= 15 is 0 Å². The Morgan fingerprint density at radius 1 is 1.23 bits per heavy atom. The number of hydrogen-bond acceptors (Lipinski definition) is 8. The molecular formula is C24H31ClN8O2. The molecule has 3 aromatic rings. The lowest BCUT2D eigenvalue weighted by molar-refractivity contribution is -0.122. The molecule has 2 aliphatic rings. The van der Waals surface area contributed by atoms with Gasteiger partial charge in [0.1, 0.15) is 18.2 Å². The predicted octanol–water partition coefficient (Wildman–Crippen LogP) is 1.71. The number of anilines is 2. The zero-order valence-electron chi connectivity index (χ0n) is 19.9. The van der Waals surface area contributed by atoms with E-state index in [1.807, 2.05) is 24.3 Å². The van der Waals surface area contributed by atoms with Crippen LogP contribution in [0.3, 0.4) is 0 Å². The number of carbonyl (C=O) groups excluding carboxylic acids is 1. The van der Waals surface area contributed by atoms with Gasteiger partial charge >= 0.3 is 0 Å². The molecule has 2 aliphatic heterocycles. The van der Waals surface area contributed by atoms with Crippen LogP contribution >= 0.6 is 11.6 Å². The van der Waals surface area contributed by atoms with Crippen molar-refractivity contribution in [3.05, 3.63) is 41.3 Å². The van der Waals surface area contributed by atoms with E-state index < -0.39 is 6.04 Å². The van der Waals surface area contributed by atoms with Gasteiger partial charge in [0.15, 0.2) is 5.65 Å². The number of aryl methyl sites for hydroxylation is 1. The number of morpholine rings is 1. The Kier molecular flexibility index (Phi) is 7.31. The summed E-state index contributed by atoms with van der Waals surface area (Å²) in [5.41, 5.74) is 2.59. The first-order chi connectivity index (χ1) is 17.1. The molecular weight excluding hydrogens is 468 g/mol. The number of halogens is 1. The van der Waals surface area contributed by atoms with Gasteiger partial charge in [0.05, 0.1) is 18.6 Å². The summed E-state index contributed by atoms with van der Waals surface area (Å²) >= 11 is 6.29. The zero-order chi connectivity index (χ0) is 24.2. The van der Waals surface area contributed by atoms with Gasteiger partial charge in [-0.2, -0.15) is 5.10 Å². The lowest BCUT2D eigenvalue weighted by atomic mass is 10.1. The minimum Gasteiger partial charge on any atom is -0.379 e. The molecule has 1 unspecified atom stereocenters. The molecule has 35 heavy (non-hydrogen) atoms. The van der Waals surface area contributed by atoms with Gasteiger partial charge in [0, 0.05) is 62.2 Å². The second kappa shape index (κ2) is 10.8. The van der Waals surface area contributed by atoms with E-state index in [0.29, 0.717) is 36.8 Å². The maximum atomic E-state index is 13.5. The van der Waals surface area contributed by atoms with Crippen molar-refractivity contribution in [2.45, 2.75) is 19.4 Å². The summed E-state index contributed by atoms with van der Waals surface area (Å²) in [7, 11) is 0. The second-order valence-corrected chi connectivity index (χ2v) is 9.27. The number of fused-ring (bicyclic) bond motifs is 1. The third kappa shape index (κ3) is 5.19. The van der Waals surface area contributed by atoms with Crippen LogP contribution in [0.1, 0.15) is 12.6 Å². The van der Waals surface area contributed by atoms with Crippen molar-refractivity contribution in [2.24, 2.45) is 0 Å². The topological polar surface area (TPSA) is 103 Å². The van der Waals surface area contributed by atoms with Gasteiger partial charge in [0.2, 0.25) is 5.91 Å². The van der Waals surface area contributed by atoms with E-state index in [2.05, 4.69) is 47.1 Å². The lowest BCUT2D eigenvalue weighted by Crippen LogP contribution is -2.60. The molecule has 1 atom stereocenters. The van der Waals surface area contributed by atoms with Gasteiger partial charge in [-0.1, -0.05) is 24.6 Å². The second-order valence-electron chi connectivity index (χ2n) is 8.83. The van der Waals surface area contributed by atoms with E-state index in [1.54, 1.807) is 6.33 Å². The highest BCUT2D eigenvalue weighted by atomic mass is 35.5. The van der Waals surface area contributed by atoms with Crippen LogP contribution in [-0.2, 0) is 16.0 Å². The number of rotatable bonds is 7. The van der Waals surface area contributed by atoms with Crippen LogP contribution in [-0.4, -0.2) is 96.0 Å². The molecule has 5 rings (SSSR count). The normalized spacial score (nSPS) is 19.3. The highest BCUT2D eigenvalue weighted by Gasteiger charge is 2.34. The molecule has 0 aliphatic carbocycles. The number of ether oxygens (including phenoxy) is 1. The Bertz CT molecular complexity index is 1170. The van der Waals surface area contributed by atoms with E-state index in [9.17, 15) is 4.79 Å². The molecule has 0 saturated carbocycles. The molecule has 2 N–H and O–H groups in total. The lowest BCUT2D eigenvalue weighted by Gasteiger charge is -2.42. The molecule has 2 aromatic heterocycles. The molecule has 2 fully saturated rings. The van der Waals surface area contributed by atoms with Crippen LogP contribution in [0.4, 0.5) is 11.5 Å². The average Bonchev–Trinajstić information content (AvgIpc) is 3.32. The monoisotopic (exact) mass is 498 g/mol. The number of nitrogens with zero attached hydrogens (tertiary/aromatic N) is 6. The molecule has 10 nitrogen and oxygen atoms in total. The Morgan fingerprint density at radius 3 is 2.89 bits per heavy atom. The van der Waals surface area contributed by atoms with E-state index in [0.717, 1.165) is 61.9 Å². The summed E-state index contributed by atoms with van der Waals surface area (Å²) < 4.78 is 5.42. The van der Waals surface area contributed by atoms with Crippen LogP contribution in [0.15, 0.2) is 30.6 Å². The number of carbonyl (C=O) groups is 1. The van der Waals surface area contributed by atoms with E-state index in [1.165, 1.54) is 0 Å². The fourth-order valence-corrected chi connectivity index (χ4v) is 5.02. The van der Waals surface area contributed by atoms with Crippen LogP contribution in [0.25, 0.3) is 11.0 Å². The van der Waals surface area contributed by atoms with E-state index in [4.69, 9.17) is 16.3 Å². The molecule has 1 aromatic carbocycles. The van der Waals surface area contributed by atoms with Crippen LogP contribution < -0.4 is 15.1 Å². The molecule has 1 amide bonds. The summed E-state index contributed by atoms with van der Waals surface area (Å²) in [6.45, 7) is 8.64. The predicted molar refractivity (Wildman–Crippen MR) is 136 cm³/mol. The SMILES string of the molecule is CCc1[nH]nc2ncnc(N3CCN(c4cccc(Cl)c4)C(C(=O)NCCN4CCOCC4)C3)c12. The Hall–Kier alpha value is -2.95. The fraction of sp³-hybridized carbons (Fsp3) is 0.500. The summed E-state index contributed by atoms with van der Waals surface area (Å²) in [5, 5.41) is 12.2. The maximum Gasteiger partial charge on any atom is 0.244 e. The van der Waals surface area contributed by atoms with Gasteiger partial charge < -0.3 is 19.9 Å². The van der Waals surface area contributed by atoms with Crippen molar-refractivity contribution in [1.82, 2.24) is 30.4 Å².